The summed E-state index contributed by atoms with van der Waals surface area (Å²) in [5.41, 5.74) is 4.74. The summed E-state index contributed by atoms with van der Waals surface area (Å²) in [5.74, 6) is -2.73. The molecule has 4 aliphatic rings. The molecule has 0 radical (unpaired) electrons. The molecule has 0 spiro atoms. The highest BCUT2D eigenvalue weighted by Crippen LogP contribution is 2.43. The lowest BCUT2D eigenvalue weighted by molar-refractivity contribution is -0.141. The van der Waals surface area contributed by atoms with Crippen molar-refractivity contribution in [3.63, 3.8) is 0 Å². The minimum Gasteiger partial charge on any atom is -0.469 e. The number of methoxy groups -OCH3 is 2. The number of aromatic nitrogens is 3. The molecule has 0 fully saturated rings. The van der Waals surface area contributed by atoms with E-state index in [2.05, 4.69) is 36.3 Å². The number of rotatable bonds is 24. The molecule has 120 heavy (non-hydrogen) atoms. The fourth-order valence-electron chi connectivity index (χ4n) is 15.2. The number of hydrogen-bond donors (Lipinski definition) is 2. The van der Waals surface area contributed by atoms with E-state index in [1.165, 1.54) is 35.6 Å². The number of carbonyl (C=O) groups is 14. The van der Waals surface area contributed by atoms with E-state index in [9.17, 15) is 76.7 Å². The van der Waals surface area contributed by atoms with Crippen LogP contribution in [0.15, 0.2) is 191 Å². The average molecular weight is 1640 g/mol. The predicted octanol–water partition coefficient (Wildman–Crippen LogP) is 12.7. The van der Waals surface area contributed by atoms with Gasteiger partial charge in [0.05, 0.1) is 38.6 Å². The van der Waals surface area contributed by atoms with Crippen LogP contribution in [0, 0.1) is 23.2 Å². The molecule has 1 atom stereocenters. The number of Topliss-reactive ketones (excluding diaryl/α,β-unsaturated/α-hetero) is 5. The van der Waals surface area contributed by atoms with Gasteiger partial charge in [-0.2, -0.15) is 11.8 Å². The topological polar surface area (TPSA) is 379 Å². The molecule has 2 N–H and O–H groups in total. The maximum absolute atomic E-state index is 13.9. The number of esters is 2. The maximum atomic E-state index is 13.9. The zero-order valence-corrected chi connectivity index (χ0v) is 69.3. The molecule has 1 unspecified atom stereocenters. The summed E-state index contributed by atoms with van der Waals surface area (Å²) in [5, 5.41) is 16.9. The van der Waals surface area contributed by atoms with Crippen molar-refractivity contribution >= 4 is 149 Å². The van der Waals surface area contributed by atoms with Crippen molar-refractivity contribution in [2.45, 2.75) is 126 Å². The Balaban J connectivity index is 0.000000203. The monoisotopic (exact) mass is 1640 g/mol. The summed E-state index contributed by atoms with van der Waals surface area (Å²) in [7, 11) is 2.46. The van der Waals surface area contributed by atoms with Crippen molar-refractivity contribution in [3.05, 3.63) is 232 Å². The molecule has 6 amide bonds. The van der Waals surface area contributed by atoms with Crippen LogP contribution in [-0.4, -0.2) is 146 Å². The van der Waals surface area contributed by atoms with Crippen LogP contribution in [0.4, 0.5) is 11.4 Å². The van der Waals surface area contributed by atoms with E-state index in [-0.39, 0.29) is 120 Å². The number of nitrogens with zero attached hydrogens (tertiary/aromatic N) is 5. The van der Waals surface area contributed by atoms with Gasteiger partial charge in [0, 0.05) is 188 Å². The summed E-state index contributed by atoms with van der Waals surface area (Å²) in [6, 6.07) is 30.0. The highest BCUT2D eigenvalue weighted by atomic mass is 32.2. The van der Waals surface area contributed by atoms with Crippen LogP contribution in [0.5, 0.6) is 0 Å². The molecule has 2 aliphatic carbocycles. The maximum Gasteiger partial charge on any atom is 0.339 e. The van der Waals surface area contributed by atoms with Crippen molar-refractivity contribution in [1.29, 1.82) is 0 Å². The number of nitrogens with one attached hydrogen (secondary N) is 2. The van der Waals surface area contributed by atoms with Crippen molar-refractivity contribution in [2.75, 3.05) is 44.2 Å². The first kappa shape index (κ1) is 87.0. The van der Waals surface area contributed by atoms with Gasteiger partial charge in [0.15, 0.2) is 34.7 Å². The van der Waals surface area contributed by atoms with Gasteiger partial charge in [-0.05, 0) is 133 Å². The second kappa shape index (κ2) is 35.6. The first-order valence-electron chi connectivity index (χ1n) is 38.2. The van der Waals surface area contributed by atoms with Crippen molar-refractivity contribution in [1.82, 2.24) is 24.8 Å². The molecule has 5 heterocycles. The number of ether oxygens (including phenoxy) is 2. The Morgan fingerprint density at radius 2 is 1.02 bits per heavy atom. The minimum atomic E-state index is -0.971. The lowest BCUT2D eigenvalue weighted by atomic mass is 9.71. The summed E-state index contributed by atoms with van der Waals surface area (Å²) >= 11 is 1.21. The normalized spacial score (nSPS) is 14.6. The molecule has 0 saturated carbocycles. The molecular formula is C92H85N7O20S. The number of allylic oxidation sites excluding steroid dienone is 9. The number of imide groups is 2. The van der Waals surface area contributed by atoms with Gasteiger partial charge in [0.25, 0.3) is 23.6 Å². The second-order valence-electron chi connectivity index (χ2n) is 30.6. The first-order valence-corrected chi connectivity index (χ1v) is 39.5. The van der Waals surface area contributed by atoms with Crippen LogP contribution < -0.4 is 21.9 Å². The number of amides is 6. The Morgan fingerprint density at radius 1 is 0.550 bits per heavy atom. The summed E-state index contributed by atoms with van der Waals surface area (Å²) in [6.45, 7) is 19.2. The summed E-state index contributed by atoms with van der Waals surface area (Å²) in [6.07, 6.45) is 10.7. The van der Waals surface area contributed by atoms with E-state index in [0.717, 1.165) is 17.1 Å². The number of benzene rings is 6. The van der Waals surface area contributed by atoms with Crippen LogP contribution in [0.3, 0.4) is 0 Å². The molecule has 27 nitrogen and oxygen atoms in total. The molecule has 13 rings (SSSR count). The third-order valence-electron chi connectivity index (χ3n) is 21.6. The zero-order valence-electron chi connectivity index (χ0n) is 68.5. The third-order valence-corrected chi connectivity index (χ3v) is 22.6. The van der Waals surface area contributed by atoms with E-state index >= 15 is 0 Å². The number of hydrogen-bond acceptors (Lipinski definition) is 23. The highest BCUT2D eigenvalue weighted by molar-refractivity contribution is 8.00. The number of ketones is 6. The first-order chi connectivity index (χ1) is 56.9. The SMILES string of the molecule is C#Cc1ccc2cc(CC(=O)/C=C\C(=O)OC)c(=O)oc2c1.CCCN1C(=O)c2cccc3c(NC(=O)CC(C)(C)C4=C(C)C(=O)C(C)=C(C)C4=O)ccc(c23)C1=O.COC(=O)CC(SC)C(=O)Cc1cc2ccc(-c3cn(CCN4C(=O)c5cccc6c(NC(=O)CC(C)(C)C7=C(C)C(=O)C(C)=C(C)C7=O)ccc(c56)C4=O)nn3)cc2oc1=O. The van der Waals surface area contributed by atoms with Crippen LogP contribution in [0.1, 0.15) is 160 Å². The Kier molecular flexibility index (Phi) is 25.8. The van der Waals surface area contributed by atoms with E-state index in [1.54, 1.807) is 191 Å². The Morgan fingerprint density at radius 3 is 1.49 bits per heavy atom. The van der Waals surface area contributed by atoms with Crippen molar-refractivity contribution in [2.24, 2.45) is 10.8 Å². The Labute approximate surface area is 692 Å². The molecular weight excluding hydrogens is 1560 g/mol. The molecule has 2 aliphatic heterocycles. The average Bonchev–Trinajstić information content (AvgIpc) is 0.881. The van der Waals surface area contributed by atoms with E-state index in [4.69, 9.17) is 15.3 Å². The van der Waals surface area contributed by atoms with Gasteiger partial charge in [-0.1, -0.05) is 82.2 Å². The molecule has 0 saturated heterocycles. The molecule has 6 aromatic carbocycles. The van der Waals surface area contributed by atoms with Crippen LogP contribution in [0.2, 0.25) is 0 Å². The molecule has 614 valence electrons. The summed E-state index contributed by atoms with van der Waals surface area (Å²) < 4.78 is 21.3. The van der Waals surface area contributed by atoms with E-state index < -0.39 is 62.8 Å². The highest BCUT2D eigenvalue weighted by Gasteiger charge is 2.42. The quantitative estimate of drug-likeness (QED) is 0.0142. The number of carbonyl (C=O) groups excluding carboxylic acids is 14. The lowest BCUT2D eigenvalue weighted by Crippen LogP contribution is -2.42. The lowest BCUT2D eigenvalue weighted by Gasteiger charge is -2.31. The molecule has 3 aromatic heterocycles. The number of thioether (sulfide) groups is 1. The van der Waals surface area contributed by atoms with Crippen LogP contribution >= 0.6 is 11.8 Å². The largest absolute Gasteiger partial charge is 0.469 e. The minimum absolute atomic E-state index is 0.0281. The van der Waals surface area contributed by atoms with E-state index in [1.807, 2.05) is 6.92 Å². The number of fused-ring (bicyclic) bond motifs is 2. The molecule has 0 bridgehead atoms. The fourth-order valence-corrected chi connectivity index (χ4v) is 15.9. The molecule has 28 heteroatoms. The van der Waals surface area contributed by atoms with Gasteiger partial charge in [-0.3, -0.25) is 76.8 Å². The number of anilines is 2. The van der Waals surface area contributed by atoms with Gasteiger partial charge < -0.3 is 28.9 Å². The van der Waals surface area contributed by atoms with Crippen LogP contribution in [-0.2, 0) is 76.8 Å². The summed E-state index contributed by atoms with van der Waals surface area (Å²) in [4.78, 5) is 207. The standard InChI is InChI=1S/C46H43N5O10S.C29H30N2O5.C17H12O5/c1-23-24(2)42(56)40(25(3)41(23)55)46(4,5)21-37(53)47-32-14-13-31-39-29(32)9-8-10-30(39)43(57)51(44(31)58)16-15-50-22-33(48-49-50)26-11-12-27-17-28(45(59)61-35(27)19-26)18-34(52)36(62-7)20-38(54)60-6;1-7-13-31-27(35)19-10-8-9-18-21(12-11-20(23(18)19)28(31)36)30-22(32)14-29(5,6)24-17(4)25(33)15(2)16(3)26(24)34;1-3-11-4-5-12-9-13(17(20)22-15(12)8-11)10-14(18)6-7-16(19)21-2/h8-14,17,19,22,36H,15-16,18,20-21H2,1-7H3,(H,47,53);8-12H,7,13-14H2,1-6H3,(H,30,32);1,4-9H,10H2,2H3/b;;7-6-. The Bertz CT molecular complexity index is 6300. The van der Waals surface area contributed by atoms with Gasteiger partial charge in [0.2, 0.25) is 11.8 Å². The van der Waals surface area contributed by atoms with Crippen molar-refractivity contribution in [3.8, 4) is 23.6 Å². The van der Waals surface area contributed by atoms with Gasteiger partial charge >= 0.3 is 23.2 Å². The van der Waals surface area contributed by atoms with E-state index in [0.29, 0.717) is 135 Å². The van der Waals surface area contributed by atoms with Crippen molar-refractivity contribution < 1.29 is 85.4 Å². The molecule has 9 aromatic rings. The second-order valence-corrected chi connectivity index (χ2v) is 31.7. The van der Waals surface area contributed by atoms with Crippen LogP contribution in [0.25, 0.3) is 54.7 Å². The zero-order chi connectivity index (χ0) is 87.4. The van der Waals surface area contributed by atoms with Gasteiger partial charge in [-0.25, -0.2) is 14.4 Å². The predicted molar refractivity (Wildman–Crippen MR) is 450 cm³/mol. The number of terminal acetylenes is 1. The van der Waals surface area contributed by atoms with Gasteiger partial charge in [0.1, 0.15) is 16.9 Å². The third kappa shape index (κ3) is 17.7. The Hall–Kier alpha value is -13.8. The smallest absolute Gasteiger partial charge is 0.339 e. The fraction of sp³-hybridized carbons (Fsp3) is 0.283. The van der Waals surface area contributed by atoms with Gasteiger partial charge in [-0.15, -0.1) is 11.5 Å².